The van der Waals surface area contributed by atoms with E-state index in [4.69, 9.17) is 21.1 Å². The number of rotatable bonds is 7. The van der Waals surface area contributed by atoms with Crippen molar-refractivity contribution < 1.29 is 9.47 Å². The first kappa shape index (κ1) is 18.4. The highest BCUT2D eigenvalue weighted by Crippen LogP contribution is 2.28. The molecule has 9 heteroatoms. The Labute approximate surface area is 159 Å². The molecule has 0 aliphatic heterocycles. The van der Waals surface area contributed by atoms with E-state index in [-0.39, 0.29) is 5.82 Å². The lowest BCUT2D eigenvalue weighted by Crippen LogP contribution is -2.13. The summed E-state index contributed by atoms with van der Waals surface area (Å²) in [6, 6.07) is 12.8. The van der Waals surface area contributed by atoms with Crippen LogP contribution < -0.4 is 20.6 Å². The van der Waals surface area contributed by atoms with Crippen LogP contribution in [-0.2, 0) is 6.61 Å². The van der Waals surface area contributed by atoms with Gasteiger partial charge in [-0.3, -0.25) is 5.43 Å². The highest BCUT2D eigenvalue weighted by molar-refractivity contribution is 6.30. The van der Waals surface area contributed by atoms with Crippen LogP contribution in [0.15, 0.2) is 58.6 Å². The van der Waals surface area contributed by atoms with Gasteiger partial charge in [0.1, 0.15) is 6.61 Å². The van der Waals surface area contributed by atoms with Gasteiger partial charge in [0, 0.05) is 5.02 Å². The Morgan fingerprint density at radius 2 is 2.04 bits per heavy atom. The summed E-state index contributed by atoms with van der Waals surface area (Å²) in [4.78, 5) is 14.7. The molecule has 0 aliphatic carbocycles. The van der Waals surface area contributed by atoms with Gasteiger partial charge in [-0.25, -0.2) is 9.89 Å². The lowest BCUT2D eigenvalue weighted by atomic mass is 10.2. The first-order valence-corrected chi connectivity index (χ1v) is 8.28. The first-order chi connectivity index (χ1) is 13.1. The highest BCUT2D eigenvalue weighted by Gasteiger charge is 2.06. The van der Waals surface area contributed by atoms with Crippen molar-refractivity contribution in [3.05, 3.63) is 75.3 Å². The molecule has 1 heterocycles. The Morgan fingerprint density at radius 3 is 2.78 bits per heavy atom. The molecule has 0 saturated heterocycles. The summed E-state index contributed by atoms with van der Waals surface area (Å²) in [7, 11) is 1.56. The average Bonchev–Trinajstić information content (AvgIpc) is 2.68. The molecule has 0 saturated carbocycles. The van der Waals surface area contributed by atoms with Crippen molar-refractivity contribution in [1.82, 2.24) is 15.2 Å². The predicted molar refractivity (Wildman–Crippen MR) is 103 cm³/mol. The van der Waals surface area contributed by atoms with Gasteiger partial charge in [0.05, 0.1) is 19.5 Å². The minimum absolute atomic E-state index is 0.241. The van der Waals surface area contributed by atoms with Crippen LogP contribution in [0.1, 0.15) is 11.1 Å². The van der Waals surface area contributed by atoms with Crippen molar-refractivity contribution in [1.29, 1.82) is 0 Å². The molecular formula is C18H16ClN5O3. The summed E-state index contributed by atoms with van der Waals surface area (Å²) in [5, 5.41) is 10.5. The van der Waals surface area contributed by atoms with E-state index in [1.54, 1.807) is 25.5 Å². The number of hydrazone groups is 1. The molecule has 138 valence electrons. The molecule has 0 atom stereocenters. The topological polar surface area (TPSA) is 101 Å². The van der Waals surface area contributed by atoms with Crippen molar-refractivity contribution in [3.8, 4) is 11.5 Å². The van der Waals surface area contributed by atoms with Crippen molar-refractivity contribution in [3.63, 3.8) is 0 Å². The number of nitrogens with zero attached hydrogens (tertiary/aromatic N) is 3. The van der Waals surface area contributed by atoms with Gasteiger partial charge >= 0.3 is 5.69 Å². The number of anilines is 1. The summed E-state index contributed by atoms with van der Waals surface area (Å²) in [6.45, 7) is 0.393. The van der Waals surface area contributed by atoms with Crippen LogP contribution in [0.25, 0.3) is 0 Å². The molecule has 27 heavy (non-hydrogen) atoms. The highest BCUT2D eigenvalue weighted by atomic mass is 35.5. The van der Waals surface area contributed by atoms with Gasteiger partial charge in [0.25, 0.3) is 0 Å². The Bertz CT molecular complexity index is 989. The molecular weight excluding hydrogens is 370 g/mol. The standard InChI is InChI=1S/C18H16ClN5O3/c1-26-16-8-13(9-20-23-17-10-21-24-18(25)22-17)4-7-15(16)27-11-12-2-5-14(19)6-3-12/h2-10H,11H2,1H3,(H2,22,23,24,25). The quantitative estimate of drug-likeness (QED) is 0.479. The Morgan fingerprint density at radius 1 is 1.22 bits per heavy atom. The number of halogens is 1. The lowest BCUT2D eigenvalue weighted by Gasteiger charge is -2.11. The summed E-state index contributed by atoms with van der Waals surface area (Å²) in [6.07, 6.45) is 2.92. The lowest BCUT2D eigenvalue weighted by molar-refractivity contribution is 0.284. The first-order valence-electron chi connectivity index (χ1n) is 7.90. The third kappa shape index (κ3) is 5.29. The minimum atomic E-state index is -0.556. The molecule has 1 aromatic heterocycles. The van der Waals surface area contributed by atoms with Gasteiger partial charge < -0.3 is 9.47 Å². The van der Waals surface area contributed by atoms with E-state index in [0.717, 1.165) is 11.1 Å². The van der Waals surface area contributed by atoms with Crippen LogP contribution in [0.4, 0.5) is 5.82 Å². The van der Waals surface area contributed by atoms with Crippen LogP contribution in [-0.4, -0.2) is 28.5 Å². The van der Waals surface area contributed by atoms with Gasteiger partial charge in [-0.1, -0.05) is 23.7 Å². The van der Waals surface area contributed by atoms with E-state index in [9.17, 15) is 4.79 Å². The van der Waals surface area contributed by atoms with Crippen molar-refractivity contribution >= 4 is 23.6 Å². The number of nitrogens with one attached hydrogen (secondary N) is 2. The summed E-state index contributed by atoms with van der Waals surface area (Å²) >= 11 is 5.88. The van der Waals surface area contributed by atoms with E-state index in [1.807, 2.05) is 30.3 Å². The SMILES string of the molecule is COc1cc(C=NNc2cn[nH]c(=O)n2)ccc1OCc1ccc(Cl)cc1. The number of hydrogen-bond acceptors (Lipinski definition) is 7. The molecule has 0 fully saturated rings. The smallest absolute Gasteiger partial charge is 0.363 e. The zero-order chi connectivity index (χ0) is 19.1. The Kier molecular flexibility index (Phi) is 6.01. The number of H-pyrrole nitrogens is 1. The number of ether oxygens (including phenoxy) is 2. The summed E-state index contributed by atoms with van der Waals surface area (Å²) < 4.78 is 11.2. The van der Waals surface area contributed by atoms with Crippen LogP contribution in [0.2, 0.25) is 5.02 Å². The molecule has 0 bridgehead atoms. The maximum Gasteiger partial charge on any atom is 0.363 e. The van der Waals surface area contributed by atoms with Gasteiger partial charge in [-0.05, 0) is 41.5 Å². The van der Waals surface area contributed by atoms with Crippen LogP contribution in [0.3, 0.4) is 0 Å². The fourth-order valence-corrected chi connectivity index (χ4v) is 2.29. The molecule has 3 rings (SSSR count). The largest absolute Gasteiger partial charge is 0.493 e. The molecule has 2 N–H and O–H groups in total. The fourth-order valence-electron chi connectivity index (χ4n) is 2.16. The zero-order valence-corrected chi connectivity index (χ0v) is 15.1. The predicted octanol–water partition coefficient (Wildman–Crippen LogP) is 2.85. The van der Waals surface area contributed by atoms with Crippen molar-refractivity contribution in [2.45, 2.75) is 6.61 Å². The number of aromatic nitrogens is 3. The monoisotopic (exact) mass is 385 g/mol. The normalized spacial score (nSPS) is 10.7. The maximum atomic E-state index is 11.1. The van der Waals surface area contributed by atoms with E-state index >= 15 is 0 Å². The molecule has 2 aromatic carbocycles. The van der Waals surface area contributed by atoms with Gasteiger partial charge in [0.15, 0.2) is 17.3 Å². The Balaban J connectivity index is 1.65. The third-order valence-corrected chi connectivity index (χ3v) is 3.71. The number of methoxy groups -OCH3 is 1. The molecule has 0 unspecified atom stereocenters. The van der Waals surface area contributed by atoms with E-state index < -0.39 is 5.69 Å². The van der Waals surface area contributed by atoms with E-state index in [1.165, 1.54) is 6.20 Å². The second kappa shape index (κ2) is 8.81. The molecule has 0 amide bonds. The molecule has 3 aromatic rings. The van der Waals surface area contributed by atoms with E-state index in [2.05, 4.69) is 25.7 Å². The fraction of sp³-hybridized carbons (Fsp3) is 0.111. The van der Waals surface area contributed by atoms with Gasteiger partial charge in [-0.2, -0.15) is 15.2 Å². The zero-order valence-electron chi connectivity index (χ0n) is 14.3. The molecule has 0 spiro atoms. The number of benzene rings is 2. The van der Waals surface area contributed by atoms with Crippen LogP contribution >= 0.6 is 11.6 Å². The van der Waals surface area contributed by atoms with Crippen LogP contribution in [0.5, 0.6) is 11.5 Å². The number of hydrogen-bond donors (Lipinski definition) is 2. The Hall–Kier alpha value is -3.39. The van der Waals surface area contributed by atoms with Crippen LogP contribution in [0, 0.1) is 0 Å². The molecule has 8 nitrogen and oxygen atoms in total. The van der Waals surface area contributed by atoms with Crippen molar-refractivity contribution in [2.75, 3.05) is 12.5 Å². The summed E-state index contributed by atoms with van der Waals surface area (Å²) in [5.41, 5.74) is 3.84. The third-order valence-electron chi connectivity index (χ3n) is 3.46. The van der Waals surface area contributed by atoms with Gasteiger partial charge in [0.2, 0.25) is 0 Å². The molecule has 0 radical (unpaired) electrons. The summed E-state index contributed by atoms with van der Waals surface area (Å²) in [5.74, 6) is 1.42. The van der Waals surface area contributed by atoms with Gasteiger partial charge in [-0.15, -0.1) is 0 Å². The molecule has 0 aliphatic rings. The maximum absolute atomic E-state index is 11.1. The number of aromatic amines is 1. The van der Waals surface area contributed by atoms with E-state index in [0.29, 0.717) is 23.1 Å². The average molecular weight is 386 g/mol. The van der Waals surface area contributed by atoms with Crippen molar-refractivity contribution in [2.24, 2.45) is 5.10 Å². The second-order valence-electron chi connectivity index (χ2n) is 5.37. The second-order valence-corrected chi connectivity index (χ2v) is 5.80. The minimum Gasteiger partial charge on any atom is -0.493 e.